The number of benzene rings is 1. The summed E-state index contributed by atoms with van der Waals surface area (Å²) in [4.78, 5) is 23.3. The van der Waals surface area contributed by atoms with Crippen molar-refractivity contribution < 1.29 is 9.53 Å². The van der Waals surface area contributed by atoms with E-state index in [0.29, 0.717) is 23.5 Å². The molecule has 3 aromatic rings. The molecule has 110 valence electrons. The largest absolute Gasteiger partial charge is 0.483 e. The lowest BCUT2D eigenvalue weighted by Crippen LogP contribution is -2.26. The van der Waals surface area contributed by atoms with Crippen LogP contribution in [0.3, 0.4) is 0 Å². The Hall–Kier alpha value is -3.09. The highest BCUT2D eigenvalue weighted by atomic mass is 16.5. The molecular weight excluding hydrogens is 282 g/mol. The lowest BCUT2D eigenvalue weighted by atomic mass is 10.1. The molecule has 1 aliphatic rings. The highest BCUT2D eigenvalue weighted by Gasteiger charge is 2.25. The molecule has 2 aromatic heterocycles. The monoisotopic (exact) mass is 295 g/mol. The molecule has 1 aromatic carbocycles. The Morgan fingerprint density at radius 3 is 3.09 bits per heavy atom. The SMILES string of the molecule is Nc1ncc2c(C3CNC(=O)c4ccccc4O3)c[nH]c2n1. The Labute approximate surface area is 125 Å². The number of nitrogens with two attached hydrogens (primary N) is 1. The van der Waals surface area contributed by atoms with Crippen LogP contribution in [0.4, 0.5) is 5.95 Å². The highest BCUT2D eigenvalue weighted by molar-refractivity contribution is 5.97. The fraction of sp³-hybridized carbons (Fsp3) is 0.133. The molecule has 0 fully saturated rings. The van der Waals surface area contributed by atoms with E-state index in [4.69, 9.17) is 10.5 Å². The van der Waals surface area contributed by atoms with Crippen LogP contribution in [0.1, 0.15) is 22.0 Å². The van der Waals surface area contributed by atoms with Crippen molar-refractivity contribution >= 4 is 22.9 Å². The molecule has 7 nitrogen and oxygen atoms in total. The van der Waals surface area contributed by atoms with Crippen LogP contribution >= 0.6 is 0 Å². The summed E-state index contributed by atoms with van der Waals surface area (Å²) in [5, 5.41) is 3.70. The number of nitrogen functional groups attached to an aromatic ring is 1. The lowest BCUT2D eigenvalue weighted by Gasteiger charge is -2.16. The van der Waals surface area contributed by atoms with Gasteiger partial charge in [-0.25, -0.2) is 4.98 Å². The Balaban J connectivity index is 1.78. The van der Waals surface area contributed by atoms with Gasteiger partial charge in [-0.3, -0.25) is 4.79 Å². The average molecular weight is 295 g/mol. The van der Waals surface area contributed by atoms with Crippen LogP contribution in [0.25, 0.3) is 11.0 Å². The zero-order chi connectivity index (χ0) is 15.1. The molecule has 4 N–H and O–H groups in total. The van der Waals surface area contributed by atoms with Crippen LogP contribution in [0.2, 0.25) is 0 Å². The zero-order valence-corrected chi connectivity index (χ0v) is 11.5. The summed E-state index contributed by atoms with van der Waals surface area (Å²) < 4.78 is 6.02. The number of nitrogens with one attached hydrogen (secondary N) is 2. The van der Waals surface area contributed by atoms with Gasteiger partial charge in [0, 0.05) is 23.3 Å². The average Bonchev–Trinajstić information content (AvgIpc) is 2.86. The van der Waals surface area contributed by atoms with Gasteiger partial charge in [0.05, 0.1) is 12.1 Å². The summed E-state index contributed by atoms with van der Waals surface area (Å²) in [6.07, 6.45) is 3.14. The number of carbonyl (C=O) groups is 1. The fourth-order valence-corrected chi connectivity index (χ4v) is 2.61. The van der Waals surface area contributed by atoms with E-state index in [2.05, 4.69) is 20.3 Å². The Morgan fingerprint density at radius 2 is 2.18 bits per heavy atom. The molecule has 0 bridgehead atoms. The number of para-hydroxylation sites is 1. The van der Waals surface area contributed by atoms with E-state index in [0.717, 1.165) is 10.9 Å². The first kappa shape index (κ1) is 12.6. The molecule has 0 radical (unpaired) electrons. The minimum Gasteiger partial charge on any atom is -0.483 e. The summed E-state index contributed by atoms with van der Waals surface area (Å²) in [7, 11) is 0. The van der Waals surface area contributed by atoms with E-state index in [1.165, 1.54) is 0 Å². The predicted molar refractivity (Wildman–Crippen MR) is 80.4 cm³/mol. The molecule has 0 aliphatic carbocycles. The van der Waals surface area contributed by atoms with Crippen molar-refractivity contribution in [2.24, 2.45) is 0 Å². The Morgan fingerprint density at radius 1 is 1.32 bits per heavy atom. The van der Waals surface area contributed by atoms with Crippen molar-refractivity contribution in [2.75, 3.05) is 12.3 Å². The van der Waals surface area contributed by atoms with Crippen LogP contribution in [0, 0.1) is 0 Å². The number of nitrogens with zero attached hydrogens (tertiary/aromatic N) is 2. The second-order valence-electron chi connectivity index (χ2n) is 5.05. The van der Waals surface area contributed by atoms with E-state index < -0.39 is 0 Å². The van der Waals surface area contributed by atoms with Crippen molar-refractivity contribution in [3.8, 4) is 5.75 Å². The molecule has 7 heteroatoms. The summed E-state index contributed by atoms with van der Waals surface area (Å²) in [6.45, 7) is 0.366. The molecule has 1 atom stereocenters. The number of hydrogen-bond donors (Lipinski definition) is 3. The third-order valence-corrected chi connectivity index (χ3v) is 3.68. The van der Waals surface area contributed by atoms with Gasteiger partial charge in [0.15, 0.2) is 0 Å². The number of H-pyrrole nitrogens is 1. The summed E-state index contributed by atoms with van der Waals surface area (Å²) in [5.74, 6) is 0.632. The van der Waals surface area contributed by atoms with Crippen molar-refractivity contribution in [1.82, 2.24) is 20.3 Å². The second kappa shape index (κ2) is 4.73. The number of ether oxygens (including phenoxy) is 1. The third kappa shape index (κ3) is 1.95. The highest BCUT2D eigenvalue weighted by Crippen LogP contribution is 2.31. The standard InChI is InChI=1S/C15H13N5O2/c16-15-19-6-10-9(5-17-13(10)20-15)12-7-18-14(21)8-3-1-2-4-11(8)22-12/h1-6,12H,7H2,(H,18,21)(H3,16,17,19,20). The van der Waals surface area contributed by atoms with Crippen molar-refractivity contribution in [2.45, 2.75) is 6.10 Å². The van der Waals surface area contributed by atoms with Gasteiger partial charge < -0.3 is 20.8 Å². The Kier molecular flexibility index (Phi) is 2.72. The number of aromatic nitrogens is 3. The van der Waals surface area contributed by atoms with Gasteiger partial charge in [0.1, 0.15) is 17.5 Å². The minimum atomic E-state index is -0.325. The zero-order valence-electron chi connectivity index (χ0n) is 11.5. The quantitative estimate of drug-likeness (QED) is 0.629. The predicted octanol–water partition coefficient (Wildman–Crippen LogP) is 1.40. The van der Waals surface area contributed by atoms with Gasteiger partial charge in [0.25, 0.3) is 5.91 Å². The van der Waals surface area contributed by atoms with Crippen LogP contribution in [-0.2, 0) is 0 Å². The topological polar surface area (TPSA) is 106 Å². The van der Waals surface area contributed by atoms with E-state index in [9.17, 15) is 4.79 Å². The molecule has 3 heterocycles. The fourth-order valence-electron chi connectivity index (χ4n) is 2.61. The summed E-state index contributed by atoms with van der Waals surface area (Å²) in [6, 6.07) is 7.18. The second-order valence-corrected chi connectivity index (χ2v) is 5.05. The maximum Gasteiger partial charge on any atom is 0.255 e. The van der Waals surface area contributed by atoms with Gasteiger partial charge in [-0.2, -0.15) is 4.98 Å². The molecule has 0 saturated carbocycles. The number of hydrogen-bond acceptors (Lipinski definition) is 5. The number of carbonyl (C=O) groups excluding carboxylic acids is 1. The van der Waals surface area contributed by atoms with Crippen LogP contribution in [0.15, 0.2) is 36.7 Å². The van der Waals surface area contributed by atoms with Gasteiger partial charge in [-0.1, -0.05) is 12.1 Å². The van der Waals surface area contributed by atoms with Gasteiger partial charge in [0.2, 0.25) is 5.95 Å². The normalized spacial score (nSPS) is 17.5. The molecule has 1 amide bonds. The molecule has 1 unspecified atom stereocenters. The van der Waals surface area contributed by atoms with Crippen LogP contribution in [-0.4, -0.2) is 27.4 Å². The number of fused-ring (bicyclic) bond motifs is 2. The third-order valence-electron chi connectivity index (χ3n) is 3.68. The lowest BCUT2D eigenvalue weighted by molar-refractivity contribution is 0.0951. The summed E-state index contributed by atoms with van der Waals surface area (Å²) in [5.41, 5.74) is 7.65. The van der Waals surface area contributed by atoms with Crippen molar-refractivity contribution in [3.05, 3.63) is 47.8 Å². The molecule has 0 spiro atoms. The molecule has 22 heavy (non-hydrogen) atoms. The van der Waals surface area contributed by atoms with Crippen molar-refractivity contribution in [1.29, 1.82) is 0 Å². The maximum atomic E-state index is 12.1. The van der Waals surface area contributed by atoms with Gasteiger partial charge >= 0.3 is 0 Å². The first-order valence-corrected chi connectivity index (χ1v) is 6.86. The van der Waals surface area contributed by atoms with Crippen molar-refractivity contribution in [3.63, 3.8) is 0 Å². The van der Waals surface area contributed by atoms with Crippen LogP contribution in [0.5, 0.6) is 5.75 Å². The van der Waals surface area contributed by atoms with E-state index in [1.54, 1.807) is 18.3 Å². The molecule has 1 aliphatic heterocycles. The van der Waals surface area contributed by atoms with E-state index >= 15 is 0 Å². The Bertz CT molecular complexity index is 873. The molecular formula is C15H13N5O2. The summed E-state index contributed by atoms with van der Waals surface area (Å²) >= 11 is 0. The first-order chi connectivity index (χ1) is 10.7. The number of amides is 1. The minimum absolute atomic E-state index is 0.140. The van der Waals surface area contributed by atoms with E-state index in [-0.39, 0.29) is 18.0 Å². The van der Waals surface area contributed by atoms with Crippen LogP contribution < -0.4 is 15.8 Å². The maximum absolute atomic E-state index is 12.1. The van der Waals surface area contributed by atoms with E-state index in [1.807, 2.05) is 18.3 Å². The number of rotatable bonds is 1. The van der Waals surface area contributed by atoms with Gasteiger partial charge in [-0.05, 0) is 12.1 Å². The number of anilines is 1. The number of aromatic amines is 1. The molecule has 4 rings (SSSR count). The smallest absolute Gasteiger partial charge is 0.255 e. The first-order valence-electron chi connectivity index (χ1n) is 6.86. The molecule has 0 saturated heterocycles. The van der Waals surface area contributed by atoms with Gasteiger partial charge in [-0.15, -0.1) is 0 Å².